The molecule has 2 heterocycles. The zero-order valence-corrected chi connectivity index (χ0v) is 11.7. The Morgan fingerprint density at radius 3 is 3.00 bits per heavy atom. The second-order valence-corrected chi connectivity index (χ2v) is 5.61. The maximum atomic E-state index is 5.38. The molecule has 19 heavy (non-hydrogen) atoms. The van der Waals surface area contributed by atoms with E-state index >= 15 is 0 Å². The van der Waals surface area contributed by atoms with E-state index in [2.05, 4.69) is 29.3 Å². The molecular weight excluding hydrogens is 238 g/mol. The number of nitrogens with one attached hydrogen (secondary N) is 1. The van der Waals surface area contributed by atoms with E-state index in [0.29, 0.717) is 6.04 Å². The van der Waals surface area contributed by atoms with Gasteiger partial charge in [0.15, 0.2) is 0 Å². The van der Waals surface area contributed by atoms with Crippen LogP contribution in [0.1, 0.15) is 24.6 Å². The van der Waals surface area contributed by atoms with Crippen LogP contribution in [-0.2, 0) is 17.6 Å². The average molecular weight is 261 g/mol. The fourth-order valence-electron chi connectivity index (χ4n) is 2.97. The van der Waals surface area contributed by atoms with Gasteiger partial charge in [-0.25, -0.2) is 4.98 Å². The molecule has 1 N–H and O–H groups in total. The molecule has 104 valence electrons. The Morgan fingerprint density at radius 1 is 1.32 bits per heavy atom. The van der Waals surface area contributed by atoms with Crippen molar-refractivity contribution in [2.24, 2.45) is 0 Å². The van der Waals surface area contributed by atoms with Gasteiger partial charge in [-0.1, -0.05) is 6.07 Å². The van der Waals surface area contributed by atoms with Crippen LogP contribution in [0.3, 0.4) is 0 Å². The Bertz CT molecular complexity index is 429. The minimum atomic E-state index is 0.421. The van der Waals surface area contributed by atoms with E-state index in [4.69, 9.17) is 9.72 Å². The molecule has 0 spiro atoms. The van der Waals surface area contributed by atoms with E-state index in [0.717, 1.165) is 45.1 Å². The molecule has 1 fully saturated rings. The highest BCUT2D eigenvalue weighted by molar-refractivity contribution is 5.41. The number of rotatable bonds is 4. The number of pyridine rings is 1. The van der Waals surface area contributed by atoms with E-state index in [9.17, 15) is 0 Å². The summed E-state index contributed by atoms with van der Waals surface area (Å²) in [6.45, 7) is 7.10. The van der Waals surface area contributed by atoms with Gasteiger partial charge in [0.2, 0.25) is 0 Å². The summed E-state index contributed by atoms with van der Waals surface area (Å²) in [5.41, 5.74) is 2.73. The van der Waals surface area contributed by atoms with Crippen LogP contribution in [0.4, 0.5) is 5.82 Å². The fraction of sp³-hybridized carbons (Fsp3) is 0.667. The van der Waals surface area contributed by atoms with Gasteiger partial charge in [0.1, 0.15) is 5.82 Å². The maximum Gasteiger partial charge on any atom is 0.126 e. The van der Waals surface area contributed by atoms with E-state index in [-0.39, 0.29) is 0 Å². The molecule has 1 aromatic heterocycles. The average Bonchev–Trinajstić information content (AvgIpc) is 2.87. The molecular formula is C15H23N3O. The van der Waals surface area contributed by atoms with Crippen molar-refractivity contribution >= 4 is 5.82 Å². The van der Waals surface area contributed by atoms with Crippen LogP contribution in [-0.4, -0.2) is 48.8 Å². The van der Waals surface area contributed by atoms with E-state index in [1.807, 2.05) is 0 Å². The normalized spacial score (nSPS) is 21.1. The first-order valence-electron chi connectivity index (χ1n) is 7.37. The number of morpholine rings is 1. The predicted octanol–water partition coefficient (Wildman–Crippen LogP) is 1.70. The number of aryl methyl sites for hydroxylation is 2. The molecule has 0 saturated carbocycles. The number of aromatic nitrogens is 1. The summed E-state index contributed by atoms with van der Waals surface area (Å²) in [5.74, 6) is 1.03. The smallest absolute Gasteiger partial charge is 0.126 e. The lowest BCUT2D eigenvalue weighted by Gasteiger charge is -2.29. The molecule has 0 bridgehead atoms. The molecule has 2 aliphatic rings. The maximum absolute atomic E-state index is 5.38. The molecule has 1 saturated heterocycles. The molecule has 4 nitrogen and oxygen atoms in total. The van der Waals surface area contributed by atoms with Crippen LogP contribution in [0.15, 0.2) is 12.1 Å². The summed E-state index contributed by atoms with van der Waals surface area (Å²) < 4.78 is 5.38. The van der Waals surface area contributed by atoms with Crippen LogP contribution >= 0.6 is 0 Å². The number of fused-ring (bicyclic) bond motifs is 1. The first-order chi connectivity index (χ1) is 9.31. The van der Waals surface area contributed by atoms with E-state index in [1.54, 1.807) is 0 Å². The van der Waals surface area contributed by atoms with Gasteiger partial charge in [-0.2, -0.15) is 0 Å². The van der Waals surface area contributed by atoms with Crippen LogP contribution in [0.25, 0.3) is 0 Å². The van der Waals surface area contributed by atoms with Crippen molar-refractivity contribution in [3.05, 3.63) is 23.4 Å². The molecule has 3 rings (SSSR count). The third-order valence-corrected chi connectivity index (χ3v) is 3.96. The van der Waals surface area contributed by atoms with Gasteiger partial charge in [0.25, 0.3) is 0 Å². The lowest BCUT2D eigenvalue weighted by Crippen LogP contribution is -2.42. The van der Waals surface area contributed by atoms with Gasteiger partial charge >= 0.3 is 0 Å². The Labute approximate surface area is 115 Å². The summed E-state index contributed by atoms with van der Waals surface area (Å²) in [4.78, 5) is 7.18. The molecule has 1 unspecified atom stereocenters. The Kier molecular flexibility index (Phi) is 3.99. The molecule has 1 aromatic rings. The van der Waals surface area contributed by atoms with Gasteiger partial charge < -0.3 is 10.1 Å². The standard InChI is InChI=1S/C15H23N3O/c1-12(11-18-7-9-19-10-8-18)16-15-6-5-13-3-2-4-14(13)17-15/h5-6,12H,2-4,7-11H2,1H3,(H,16,17). The van der Waals surface area contributed by atoms with Crippen molar-refractivity contribution < 1.29 is 4.74 Å². The first kappa shape index (κ1) is 12.9. The Balaban J connectivity index is 1.55. The molecule has 1 atom stereocenters. The summed E-state index contributed by atoms with van der Waals surface area (Å²) >= 11 is 0. The molecule has 1 aliphatic carbocycles. The van der Waals surface area contributed by atoms with E-state index in [1.165, 1.54) is 24.1 Å². The van der Waals surface area contributed by atoms with Gasteiger partial charge in [0, 0.05) is 31.4 Å². The third-order valence-electron chi connectivity index (χ3n) is 3.96. The SMILES string of the molecule is CC(CN1CCOCC1)Nc1ccc2c(n1)CCC2. The van der Waals surface area contributed by atoms with Gasteiger partial charge in [-0.05, 0) is 37.8 Å². The molecule has 0 aromatic carbocycles. The first-order valence-corrected chi connectivity index (χ1v) is 7.37. The van der Waals surface area contributed by atoms with Gasteiger partial charge in [-0.15, -0.1) is 0 Å². The second kappa shape index (κ2) is 5.88. The summed E-state index contributed by atoms with van der Waals surface area (Å²) in [7, 11) is 0. The largest absolute Gasteiger partial charge is 0.379 e. The highest BCUT2D eigenvalue weighted by Crippen LogP contribution is 2.21. The van der Waals surface area contributed by atoms with Crippen LogP contribution in [0, 0.1) is 0 Å². The topological polar surface area (TPSA) is 37.4 Å². The highest BCUT2D eigenvalue weighted by Gasteiger charge is 2.15. The monoisotopic (exact) mass is 261 g/mol. The minimum Gasteiger partial charge on any atom is -0.379 e. The van der Waals surface area contributed by atoms with Gasteiger partial charge in [0.05, 0.1) is 13.2 Å². The van der Waals surface area contributed by atoms with Crippen LogP contribution < -0.4 is 5.32 Å². The third kappa shape index (κ3) is 3.25. The lowest BCUT2D eigenvalue weighted by molar-refractivity contribution is 0.0368. The molecule has 0 amide bonds. The zero-order valence-electron chi connectivity index (χ0n) is 11.7. The van der Waals surface area contributed by atoms with Crippen LogP contribution in [0.2, 0.25) is 0 Å². The Hall–Kier alpha value is -1.13. The zero-order chi connectivity index (χ0) is 13.1. The number of anilines is 1. The second-order valence-electron chi connectivity index (χ2n) is 5.61. The van der Waals surface area contributed by atoms with Crippen molar-refractivity contribution in [3.63, 3.8) is 0 Å². The number of hydrogen-bond acceptors (Lipinski definition) is 4. The number of nitrogens with zero attached hydrogens (tertiary/aromatic N) is 2. The van der Waals surface area contributed by atoms with Crippen molar-refractivity contribution in [2.75, 3.05) is 38.2 Å². The highest BCUT2D eigenvalue weighted by atomic mass is 16.5. The van der Waals surface area contributed by atoms with Crippen molar-refractivity contribution in [1.82, 2.24) is 9.88 Å². The van der Waals surface area contributed by atoms with Crippen molar-refractivity contribution in [3.8, 4) is 0 Å². The fourth-order valence-corrected chi connectivity index (χ4v) is 2.97. The quantitative estimate of drug-likeness (QED) is 0.895. The Morgan fingerprint density at radius 2 is 2.16 bits per heavy atom. The summed E-state index contributed by atoms with van der Waals surface area (Å²) in [5, 5.41) is 3.53. The summed E-state index contributed by atoms with van der Waals surface area (Å²) in [6, 6.07) is 4.78. The van der Waals surface area contributed by atoms with Gasteiger partial charge in [-0.3, -0.25) is 4.90 Å². The van der Waals surface area contributed by atoms with E-state index < -0.39 is 0 Å². The lowest BCUT2D eigenvalue weighted by atomic mass is 10.2. The molecule has 4 heteroatoms. The van der Waals surface area contributed by atoms with Crippen molar-refractivity contribution in [1.29, 1.82) is 0 Å². The molecule has 0 radical (unpaired) electrons. The van der Waals surface area contributed by atoms with Crippen LogP contribution in [0.5, 0.6) is 0 Å². The predicted molar refractivity (Wildman–Crippen MR) is 76.6 cm³/mol. The number of hydrogen-bond donors (Lipinski definition) is 1. The van der Waals surface area contributed by atoms with Crippen molar-refractivity contribution in [2.45, 2.75) is 32.2 Å². The number of ether oxygens (including phenoxy) is 1. The minimum absolute atomic E-state index is 0.421. The summed E-state index contributed by atoms with van der Waals surface area (Å²) in [6.07, 6.45) is 3.60. The molecule has 1 aliphatic heterocycles.